The van der Waals surface area contributed by atoms with Gasteiger partial charge in [-0.2, -0.15) is 0 Å². The molecule has 0 saturated heterocycles. The average molecular weight is 430 g/mol. The van der Waals surface area contributed by atoms with E-state index in [9.17, 15) is 18.0 Å². The molecule has 0 aliphatic carbocycles. The lowest BCUT2D eigenvalue weighted by atomic mass is 10.0. The molecule has 0 spiro atoms. The SMILES string of the molecule is Cc1cc2occ(CC(=O)OCC(=O)Nc3ccc(C)c(S(N)(=O)=O)c3)c2cc1C. The summed E-state index contributed by atoms with van der Waals surface area (Å²) in [6.07, 6.45) is 1.47. The van der Waals surface area contributed by atoms with Crippen LogP contribution >= 0.6 is 0 Å². The maximum Gasteiger partial charge on any atom is 0.310 e. The van der Waals surface area contributed by atoms with Gasteiger partial charge in [-0.25, -0.2) is 13.6 Å². The molecule has 0 saturated carbocycles. The number of nitrogens with one attached hydrogen (secondary N) is 1. The molecular weight excluding hydrogens is 408 g/mol. The van der Waals surface area contributed by atoms with Crippen LogP contribution in [0.5, 0.6) is 0 Å². The van der Waals surface area contributed by atoms with Gasteiger partial charge in [0, 0.05) is 16.6 Å². The summed E-state index contributed by atoms with van der Waals surface area (Å²) >= 11 is 0. The highest BCUT2D eigenvalue weighted by atomic mass is 32.2. The van der Waals surface area contributed by atoms with E-state index in [0.29, 0.717) is 16.7 Å². The second-order valence-corrected chi connectivity index (χ2v) is 8.63. The minimum Gasteiger partial charge on any atom is -0.464 e. The van der Waals surface area contributed by atoms with Gasteiger partial charge in [-0.1, -0.05) is 6.07 Å². The predicted molar refractivity (Wildman–Crippen MR) is 112 cm³/mol. The fourth-order valence-corrected chi connectivity index (χ4v) is 3.82. The standard InChI is InChI=1S/C21H22N2O6S/c1-12-4-5-16(9-19(12)30(22,26)27)23-20(24)11-29-21(25)8-15-10-28-18-7-14(3)13(2)6-17(15)18/h4-7,9-10H,8,11H2,1-3H3,(H,23,24)(H2,22,26,27). The predicted octanol–water partition coefficient (Wildman–Crippen LogP) is 2.73. The minimum absolute atomic E-state index is 0.0388. The van der Waals surface area contributed by atoms with Crippen LogP contribution in [-0.2, 0) is 30.8 Å². The molecule has 2 aromatic carbocycles. The van der Waals surface area contributed by atoms with E-state index in [-0.39, 0.29) is 17.0 Å². The van der Waals surface area contributed by atoms with Crippen LogP contribution in [0.4, 0.5) is 5.69 Å². The Labute approximate surface area is 174 Å². The summed E-state index contributed by atoms with van der Waals surface area (Å²) in [6, 6.07) is 8.17. The summed E-state index contributed by atoms with van der Waals surface area (Å²) in [7, 11) is -3.92. The zero-order valence-corrected chi connectivity index (χ0v) is 17.6. The van der Waals surface area contributed by atoms with Gasteiger partial charge < -0.3 is 14.5 Å². The Balaban J connectivity index is 1.60. The average Bonchev–Trinajstić information content (AvgIpc) is 3.02. The number of amides is 1. The molecule has 0 bridgehead atoms. The molecule has 3 N–H and O–H groups in total. The number of ether oxygens (including phenoxy) is 1. The molecule has 8 nitrogen and oxygen atoms in total. The molecule has 0 atom stereocenters. The molecule has 3 aromatic rings. The molecule has 0 aliphatic heterocycles. The lowest BCUT2D eigenvalue weighted by Crippen LogP contribution is -2.22. The number of anilines is 1. The highest BCUT2D eigenvalue weighted by molar-refractivity contribution is 7.89. The molecule has 1 heterocycles. The zero-order valence-electron chi connectivity index (χ0n) is 16.8. The lowest BCUT2D eigenvalue weighted by molar-refractivity contribution is -0.146. The van der Waals surface area contributed by atoms with Crippen LogP contribution in [0.25, 0.3) is 11.0 Å². The zero-order chi connectivity index (χ0) is 22.1. The van der Waals surface area contributed by atoms with E-state index >= 15 is 0 Å². The highest BCUT2D eigenvalue weighted by Gasteiger charge is 2.16. The molecule has 9 heteroatoms. The van der Waals surface area contributed by atoms with Gasteiger partial charge in [0.15, 0.2) is 6.61 Å². The maximum absolute atomic E-state index is 12.2. The summed E-state index contributed by atoms with van der Waals surface area (Å²) in [5.74, 6) is -1.18. The van der Waals surface area contributed by atoms with Crippen LogP contribution in [0.3, 0.4) is 0 Å². The first-order valence-electron chi connectivity index (χ1n) is 9.11. The van der Waals surface area contributed by atoms with Gasteiger partial charge in [0.05, 0.1) is 17.6 Å². The van der Waals surface area contributed by atoms with E-state index in [2.05, 4.69) is 5.32 Å². The Hall–Kier alpha value is -3.17. The van der Waals surface area contributed by atoms with Crippen molar-refractivity contribution in [1.29, 1.82) is 0 Å². The molecule has 1 amide bonds. The van der Waals surface area contributed by atoms with Crippen LogP contribution in [-0.4, -0.2) is 26.9 Å². The van der Waals surface area contributed by atoms with E-state index in [4.69, 9.17) is 14.3 Å². The maximum atomic E-state index is 12.2. The summed E-state index contributed by atoms with van der Waals surface area (Å²) in [5, 5.41) is 8.47. The van der Waals surface area contributed by atoms with E-state index in [1.807, 2.05) is 26.0 Å². The van der Waals surface area contributed by atoms with Crippen molar-refractivity contribution in [2.45, 2.75) is 32.1 Å². The number of aryl methyl sites for hydroxylation is 3. The molecule has 0 aliphatic rings. The second-order valence-electron chi connectivity index (χ2n) is 7.10. The van der Waals surface area contributed by atoms with Crippen molar-refractivity contribution < 1.29 is 27.2 Å². The second kappa shape index (κ2) is 8.29. The third kappa shape index (κ3) is 4.87. The van der Waals surface area contributed by atoms with Gasteiger partial charge in [-0.05, 0) is 61.7 Å². The summed E-state index contributed by atoms with van der Waals surface area (Å²) in [5.41, 5.74) is 4.22. The fraction of sp³-hybridized carbons (Fsp3) is 0.238. The van der Waals surface area contributed by atoms with Gasteiger partial charge in [-0.15, -0.1) is 0 Å². The third-order valence-electron chi connectivity index (χ3n) is 4.75. The van der Waals surface area contributed by atoms with E-state index in [0.717, 1.165) is 16.5 Å². The number of rotatable bonds is 6. The number of esters is 1. The van der Waals surface area contributed by atoms with Crippen LogP contribution in [0, 0.1) is 20.8 Å². The fourth-order valence-electron chi connectivity index (χ4n) is 3.01. The number of sulfonamides is 1. The van der Waals surface area contributed by atoms with E-state index < -0.39 is 28.5 Å². The number of carbonyl (C=O) groups excluding carboxylic acids is 2. The van der Waals surface area contributed by atoms with Crippen LogP contribution in [0.15, 0.2) is 45.9 Å². The number of carbonyl (C=O) groups is 2. The number of hydrogen-bond donors (Lipinski definition) is 2. The number of fused-ring (bicyclic) bond motifs is 1. The number of benzene rings is 2. The Morgan fingerprint density at radius 1 is 1.07 bits per heavy atom. The van der Waals surface area contributed by atoms with Gasteiger partial charge in [0.2, 0.25) is 10.0 Å². The van der Waals surface area contributed by atoms with Crippen molar-refractivity contribution in [3.8, 4) is 0 Å². The van der Waals surface area contributed by atoms with Crippen LogP contribution in [0.2, 0.25) is 0 Å². The van der Waals surface area contributed by atoms with E-state index in [1.54, 1.807) is 6.92 Å². The van der Waals surface area contributed by atoms with Crippen LogP contribution in [0.1, 0.15) is 22.3 Å². The number of nitrogens with two attached hydrogens (primary N) is 1. The Morgan fingerprint density at radius 2 is 1.77 bits per heavy atom. The lowest BCUT2D eigenvalue weighted by Gasteiger charge is -2.09. The largest absolute Gasteiger partial charge is 0.464 e. The molecule has 0 fully saturated rings. The molecule has 30 heavy (non-hydrogen) atoms. The van der Waals surface area contributed by atoms with Crippen molar-refractivity contribution in [1.82, 2.24) is 0 Å². The summed E-state index contributed by atoms with van der Waals surface area (Å²) in [4.78, 5) is 24.1. The molecule has 158 valence electrons. The van der Waals surface area contributed by atoms with Gasteiger partial charge in [0.1, 0.15) is 5.58 Å². The molecule has 3 rings (SSSR count). The molecule has 1 aromatic heterocycles. The number of primary sulfonamides is 1. The summed E-state index contributed by atoms with van der Waals surface area (Å²) < 4.78 is 33.7. The minimum atomic E-state index is -3.92. The number of furan rings is 1. The normalized spacial score (nSPS) is 11.5. The highest BCUT2D eigenvalue weighted by Crippen LogP contribution is 2.25. The third-order valence-corrected chi connectivity index (χ3v) is 5.80. The Morgan fingerprint density at radius 3 is 2.47 bits per heavy atom. The molecule has 0 unspecified atom stereocenters. The van der Waals surface area contributed by atoms with Crippen molar-refractivity contribution in [3.63, 3.8) is 0 Å². The monoisotopic (exact) mass is 430 g/mol. The Bertz CT molecular complexity index is 1240. The van der Waals surface area contributed by atoms with Crippen molar-refractivity contribution in [2.75, 3.05) is 11.9 Å². The first-order chi connectivity index (χ1) is 14.0. The van der Waals surface area contributed by atoms with Crippen molar-refractivity contribution >= 4 is 38.6 Å². The summed E-state index contributed by atoms with van der Waals surface area (Å²) in [6.45, 7) is 5.03. The Kier molecular flexibility index (Phi) is 5.95. The number of hydrogen-bond acceptors (Lipinski definition) is 6. The van der Waals surface area contributed by atoms with Gasteiger partial charge >= 0.3 is 5.97 Å². The molecule has 0 radical (unpaired) electrons. The topological polar surface area (TPSA) is 129 Å². The van der Waals surface area contributed by atoms with Crippen LogP contribution < -0.4 is 10.5 Å². The van der Waals surface area contributed by atoms with Gasteiger partial charge in [-0.3, -0.25) is 9.59 Å². The molecular formula is C21H22N2O6S. The van der Waals surface area contributed by atoms with Gasteiger partial charge in [0.25, 0.3) is 5.91 Å². The van der Waals surface area contributed by atoms with Crippen molar-refractivity contribution in [3.05, 3.63) is 58.8 Å². The quantitative estimate of drug-likeness (QED) is 0.579. The van der Waals surface area contributed by atoms with Crippen molar-refractivity contribution in [2.24, 2.45) is 5.14 Å². The first kappa shape index (κ1) is 21.5. The smallest absolute Gasteiger partial charge is 0.310 e. The first-order valence-corrected chi connectivity index (χ1v) is 10.7. The van der Waals surface area contributed by atoms with E-state index in [1.165, 1.54) is 24.5 Å².